The van der Waals surface area contributed by atoms with Gasteiger partial charge in [-0.05, 0) is 34.1 Å². The van der Waals surface area contributed by atoms with Gasteiger partial charge in [0.15, 0.2) is 0 Å². The number of para-hydroxylation sites is 1. The van der Waals surface area contributed by atoms with Gasteiger partial charge < -0.3 is 9.47 Å². The highest BCUT2D eigenvalue weighted by molar-refractivity contribution is 9.10. The van der Waals surface area contributed by atoms with Crippen molar-refractivity contribution < 1.29 is 9.47 Å². The molecule has 0 spiro atoms. The summed E-state index contributed by atoms with van der Waals surface area (Å²) in [6.07, 6.45) is 1.64. The molecule has 2 rings (SSSR count). The Morgan fingerprint density at radius 2 is 1.83 bits per heavy atom. The summed E-state index contributed by atoms with van der Waals surface area (Å²) < 4.78 is 11.7. The van der Waals surface area contributed by atoms with Crippen LogP contribution < -0.4 is 9.47 Å². The molecule has 1 heterocycles. The fraction of sp³-hybridized carbons (Fsp3) is 0.154. The Hall–Kier alpha value is -1.26. The molecule has 0 saturated carbocycles. The van der Waals surface area contributed by atoms with Crippen molar-refractivity contribution in [2.24, 2.45) is 0 Å². The molecule has 0 aliphatic rings. The standard InChI is InChI=1S/C13H11BrClNO2/c14-10-8-12(15)13(16-9-10)18-7-6-17-11-4-2-1-3-5-11/h1-5,8-9H,6-7H2. The molecule has 0 radical (unpaired) electrons. The van der Waals surface area contributed by atoms with E-state index in [2.05, 4.69) is 20.9 Å². The Morgan fingerprint density at radius 1 is 1.11 bits per heavy atom. The maximum absolute atomic E-state index is 5.97. The zero-order chi connectivity index (χ0) is 12.8. The highest BCUT2D eigenvalue weighted by atomic mass is 79.9. The van der Waals surface area contributed by atoms with E-state index in [1.165, 1.54) is 0 Å². The minimum absolute atomic E-state index is 0.392. The van der Waals surface area contributed by atoms with Gasteiger partial charge in [-0.2, -0.15) is 0 Å². The summed E-state index contributed by atoms with van der Waals surface area (Å²) in [5.74, 6) is 1.23. The van der Waals surface area contributed by atoms with Crippen molar-refractivity contribution in [1.82, 2.24) is 4.98 Å². The smallest absolute Gasteiger partial charge is 0.232 e. The molecule has 0 aliphatic heterocycles. The van der Waals surface area contributed by atoms with E-state index in [1.807, 2.05) is 30.3 Å². The third-order valence-corrected chi connectivity index (χ3v) is 2.81. The molecule has 1 aromatic carbocycles. The topological polar surface area (TPSA) is 31.4 Å². The molecule has 94 valence electrons. The number of ether oxygens (including phenoxy) is 2. The molecule has 0 bridgehead atoms. The number of hydrogen-bond donors (Lipinski definition) is 0. The Bertz CT molecular complexity index is 508. The summed E-state index contributed by atoms with van der Waals surface area (Å²) >= 11 is 9.25. The van der Waals surface area contributed by atoms with E-state index in [0.717, 1.165) is 10.2 Å². The van der Waals surface area contributed by atoms with Crippen LogP contribution >= 0.6 is 27.5 Å². The maximum atomic E-state index is 5.97. The Balaban J connectivity index is 1.79. The first-order chi connectivity index (χ1) is 8.75. The van der Waals surface area contributed by atoms with Crippen LogP contribution in [-0.4, -0.2) is 18.2 Å². The summed E-state index contributed by atoms with van der Waals surface area (Å²) in [4.78, 5) is 4.07. The predicted octanol–water partition coefficient (Wildman–Crippen LogP) is 3.96. The quantitative estimate of drug-likeness (QED) is 0.779. The van der Waals surface area contributed by atoms with Gasteiger partial charge in [0.2, 0.25) is 5.88 Å². The number of aromatic nitrogens is 1. The molecule has 18 heavy (non-hydrogen) atoms. The van der Waals surface area contributed by atoms with Gasteiger partial charge in [-0.1, -0.05) is 29.8 Å². The number of hydrogen-bond acceptors (Lipinski definition) is 3. The number of rotatable bonds is 5. The van der Waals surface area contributed by atoms with Crippen molar-refractivity contribution in [3.63, 3.8) is 0 Å². The number of benzene rings is 1. The van der Waals surface area contributed by atoms with Gasteiger partial charge in [-0.25, -0.2) is 4.98 Å². The third-order valence-electron chi connectivity index (χ3n) is 2.11. The van der Waals surface area contributed by atoms with Crippen LogP contribution in [0, 0.1) is 0 Å². The van der Waals surface area contributed by atoms with Gasteiger partial charge in [-0.15, -0.1) is 0 Å². The molecular formula is C13H11BrClNO2. The average molecular weight is 329 g/mol. The minimum atomic E-state index is 0.392. The van der Waals surface area contributed by atoms with Crippen LogP contribution in [0.15, 0.2) is 47.1 Å². The van der Waals surface area contributed by atoms with Crippen molar-refractivity contribution in [2.45, 2.75) is 0 Å². The first-order valence-electron chi connectivity index (χ1n) is 5.37. The van der Waals surface area contributed by atoms with Crippen LogP contribution in [0.1, 0.15) is 0 Å². The van der Waals surface area contributed by atoms with E-state index in [0.29, 0.717) is 24.1 Å². The summed E-state index contributed by atoms with van der Waals surface area (Å²) in [7, 11) is 0. The van der Waals surface area contributed by atoms with Crippen molar-refractivity contribution in [3.05, 3.63) is 52.1 Å². The van der Waals surface area contributed by atoms with Gasteiger partial charge in [0.1, 0.15) is 24.0 Å². The number of pyridine rings is 1. The van der Waals surface area contributed by atoms with Gasteiger partial charge in [0, 0.05) is 10.7 Å². The van der Waals surface area contributed by atoms with Crippen LogP contribution in [0.2, 0.25) is 5.02 Å². The third kappa shape index (κ3) is 3.89. The van der Waals surface area contributed by atoms with Crippen LogP contribution in [0.3, 0.4) is 0 Å². The first-order valence-corrected chi connectivity index (χ1v) is 6.54. The monoisotopic (exact) mass is 327 g/mol. The number of halogens is 2. The molecule has 1 aromatic heterocycles. The molecule has 0 amide bonds. The Kier molecular flexibility index (Phi) is 4.84. The van der Waals surface area contributed by atoms with E-state index >= 15 is 0 Å². The van der Waals surface area contributed by atoms with E-state index in [-0.39, 0.29) is 0 Å². The van der Waals surface area contributed by atoms with Crippen LogP contribution in [0.4, 0.5) is 0 Å². The fourth-order valence-corrected chi connectivity index (χ4v) is 2.01. The van der Waals surface area contributed by atoms with Crippen molar-refractivity contribution in [3.8, 4) is 11.6 Å². The summed E-state index contributed by atoms with van der Waals surface area (Å²) in [6, 6.07) is 11.3. The largest absolute Gasteiger partial charge is 0.490 e. The highest BCUT2D eigenvalue weighted by Crippen LogP contribution is 2.24. The Morgan fingerprint density at radius 3 is 2.56 bits per heavy atom. The molecule has 0 N–H and O–H groups in total. The zero-order valence-electron chi connectivity index (χ0n) is 9.48. The van der Waals surface area contributed by atoms with Gasteiger partial charge in [0.25, 0.3) is 0 Å². The summed E-state index contributed by atoms with van der Waals surface area (Å²) in [5.41, 5.74) is 0. The summed E-state index contributed by atoms with van der Waals surface area (Å²) in [6.45, 7) is 0.835. The second-order valence-corrected chi connectivity index (χ2v) is 4.77. The number of nitrogens with zero attached hydrogens (tertiary/aromatic N) is 1. The molecule has 3 nitrogen and oxygen atoms in total. The van der Waals surface area contributed by atoms with Gasteiger partial charge >= 0.3 is 0 Å². The van der Waals surface area contributed by atoms with Gasteiger partial charge in [-0.3, -0.25) is 0 Å². The maximum Gasteiger partial charge on any atom is 0.232 e. The highest BCUT2D eigenvalue weighted by Gasteiger charge is 2.03. The van der Waals surface area contributed by atoms with Crippen LogP contribution in [0.25, 0.3) is 0 Å². The molecular weight excluding hydrogens is 318 g/mol. The lowest BCUT2D eigenvalue weighted by molar-refractivity contribution is 0.212. The first kappa shape index (κ1) is 13.2. The van der Waals surface area contributed by atoms with Crippen LogP contribution in [0.5, 0.6) is 11.6 Å². The second kappa shape index (κ2) is 6.61. The Labute approximate surface area is 119 Å². The van der Waals surface area contributed by atoms with E-state index in [4.69, 9.17) is 21.1 Å². The molecule has 0 unspecified atom stereocenters. The lowest BCUT2D eigenvalue weighted by atomic mass is 10.3. The predicted molar refractivity (Wildman–Crippen MR) is 74.4 cm³/mol. The minimum Gasteiger partial charge on any atom is -0.490 e. The zero-order valence-corrected chi connectivity index (χ0v) is 11.8. The van der Waals surface area contributed by atoms with E-state index < -0.39 is 0 Å². The normalized spacial score (nSPS) is 10.1. The SMILES string of the molecule is Clc1cc(Br)cnc1OCCOc1ccccc1. The fourth-order valence-electron chi connectivity index (χ4n) is 1.32. The molecule has 0 saturated heterocycles. The molecule has 0 fully saturated rings. The van der Waals surface area contributed by atoms with Crippen molar-refractivity contribution in [2.75, 3.05) is 13.2 Å². The second-order valence-electron chi connectivity index (χ2n) is 3.45. The lowest BCUT2D eigenvalue weighted by Crippen LogP contribution is -2.09. The van der Waals surface area contributed by atoms with E-state index in [1.54, 1.807) is 12.3 Å². The molecule has 0 aliphatic carbocycles. The summed E-state index contributed by atoms with van der Waals surface area (Å²) in [5, 5.41) is 0.476. The average Bonchev–Trinajstić information content (AvgIpc) is 2.38. The van der Waals surface area contributed by atoms with Gasteiger partial charge in [0.05, 0.1) is 0 Å². The van der Waals surface area contributed by atoms with E-state index in [9.17, 15) is 0 Å². The molecule has 2 aromatic rings. The molecule has 5 heteroatoms. The van der Waals surface area contributed by atoms with Crippen molar-refractivity contribution >= 4 is 27.5 Å². The lowest BCUT2D eigenvalue weighted by Gasteiger charge is -2.08. The van der Waals surface area contributed by atoms with Crippen molar-refractivity contribution in [1.29, 1.82) is 0 Å². The molecule has 0 atom stereocenters. The van der Waals surface area contributed by atoms with Crippen LogP contribution in [-0.2, 0) is 0 Å².